The molecule has 5 rings (SSSR count). The summed E-state index contributed by atoms with van der Waals surface area (Å²) in [5.41, 5.74) is 12.7. The van der Waals surface area contributed by atoms with Crippen molar-refractivity contribution < 1.29 is 0 Å². The third-order valence-electron chi connectivity index (χ3n) is 9.79. The van der Waals surface area contributed by atoms with Crippen molar-refractivity contribution in [2.75, 3.05) is 4.90 Å². The van der Waals surface area contributed by atoms with Crippen molar-refractivity contribution >= 4 is 28.7 Å². The first kappa shape index (κ1) is 27.3. The average molecular weight is 528 g/mol. The standard InChI is InChI=1S/C36H46ClN/c1-23-17-25(37)20-27(18-23)38(26-11-12-28-30(21-26)35(7,8)14-13-33(28,3)4)32-22-31-29(19-24(32)2)34(5,6)15-16-36(31,9)10/h11-12,17-22H,13-16H2,1-10H3. The molecule has 0 heterocycles. The van der Waals surface area contributed by atoms with E-state index in [-0.39, 0.29) is 21.7 Å². The van der Waals surface area contributed by atoms with Crippen LogP contribution in [0.4, 0.5) is 17.1 Å². The topological polar surface area (TPSA) is 3.24 Å². The van der Waals surface area contributed by atoms with Crippen LogP contribution in [0.2, 0.25) is 5.02 Å². The maximum atomic E-state index is 6.68. The van der Waals surface area contributed by atoms with Gasteiger partial charge in [0.15, 0.2) is 0 Å². The van der Waals surface area contributed by atoms with E-state index in [0.717, 1.165) is 10.7 Å². The van der Waals surface area contributed by atoms with Crippen molar-refractivity contribution in [2.45, 2.75) is 117 Å². The Morgan fingerprint density at radius 1 is 0.553 bits per heavy atom. The minimum atomic E-state index is 0.144. The summed E-state index contributed by atoms with van der Waals surface area (Å²) in [6.07, 6.45) is 4.85. The zero-order chi connectivity index (χ0) is 27.8. The summed E-state index contributed by atoms with van der Waals surface area (Å²) >= 11 is 6.68. The molecule has 0 radical (unpaired) electrons. The molecule has 2 aliphatic carbocycles. The zero-order valence-corrected chi connectivity index (χ0v) is 26.0. The van der Waals surface area contributed by atoms with E-state index >= 15 is 0 Å². The number of nitrogens with zero attached hydrogens (tertiary/aromatic N) is 1. The monoisotopic (exact) mass is 527 g/mol. The lowest BCUT2D eigenvalue weighted by Gasteiger charge is -2.44. The predicted molar refractivity (Wildman–Crippen MR) is 166 cm³/mol. The van der Waals surface area contributed by atoms with Crippen LogP contribution in [0, 0.1) is 13.8 Å². The number of aryl methyl sites for hydroxylation is 2. The Kier molecular flexibility index (Phi) is 6.39. The zero-order valence-electron chi connectivity index (χ0n) is 25.3. The van der Waals surface area contributed by atoms with Gasteiger partial charge in [0, 0.05) is 22.1 Å². The van der Waals surface area contributed by atoms with E-state index in [1.165, 1.54) is 70.4 Å². The van der Waals surface area contributed by atoms with Crippen molar-refractivity contribution in [1.29, 1.82) is 0 Å². The van der Waals surface area contributed by atoms with Crippen LogP contribution in [-0.4, -0.2) is 0 Å². The smallest absolute Gasteiger partial charge is 0.0493 e. The van der Waals surface area contributed by atoms with Crippen LogP contribution < -0.4 is 4.90 Å². The Balaban J connectivity index is 1.79. The summed E-state index contributed by atoms with van der Waals surface area (Å²) in [6.45, 7) is 23.7. The summed E-state index contributed by atoms with van der Waals surface area (Å²) in [6, 6.07) is 18.6. The Labute approximate surface area is 236 Å². The molecular weight excluding hydrogens is 482 g/mol. The van der Waals surface area contributed by atoms with Crippen LogP contribution in [0.5, 0.6) is 0 Å². The first-order chi connectivity index (χ1) is 17.5. The molecule has 0 atom stereocenters. The number of anilines is 3. The molecule has 0 fully saturated rings. The minimum absolute atomic E-state index is 0.144. The van der Waals surface area contributed by atoms with Gasteiger partial charge in [0.05, 0.1) is 0 Å². The number of rotatable bonds is 3. The van der Waals surface area contributed by atoms with Crippen molar-refractivity contribution in [2.24, 2.45) is 0 Å². The molecule has 0 bridgehead atoms. The minimum Gasteiger partial charge on any atom is -0.310 e. The van der Waals surface area contributed by atoms with Crippen molar-refractivity contribution in [3.05, 3.63) is 86.9 Å². The molecule has 0 N–H and O–H groups in total. The van der Waals surface area contributed by atoms with Gasteiger partial charge in [-0.1, -0.05) is 79.1 Å². The van der Waals surface area contributed by atoms with Crippen molar-refractivity contribution in [3.63, 3.8) is 0 Å². The summed E-state index contributed by atoms with van der Waals surface area (Å²) < 4.78 is 0. The maximum absolute atomic E-state index is 6.68. The molecule has 0 saturated carbocycles. The van der Waals surface area contributed by atoms with Crippen LogP contribution in [-0.2, 0) is 21.7 Å². The average Bonchev–Trinajstić information content (AvgIpc) is 2.80. The normalized spacial score (nSPS) is 20.4. The van der Waals surface area contributed by atoms with Gasteiger partial charge in [-0.2, -0.15) is 0 Å². The van der Waals surface area contributed by atoms with E-state index in [1.807, 2.05) is 6.07 Å². The van der Waals surface area contributed by atoms with Gasteiger partial charge in [0.2, 0.25) is 0 Å². The lowest BCUT2D eigenvalue weighted by atomic mass is 9.62. The Bertz CT molecular complexity index is 1380. The van der Waals surface area contributed by atoms with E-state index in [0.29, 0.717) is 0 Å². The van der Waals surface area contributed by atoms with Gasteiger partial charge < -0.3 is 4.90 Å². The largest absolute Gasteiger partial charge is 0.310 e. The second kappa shape index (κ2) is 8.88. The van der Waals surface area contributed by atoms with Gasteiger partial charge in [-0.25, -0.2) is 0 Å². The SMILES string of the molecule is Cc1cc(Cl)cc(N(c2ccc3c(c2)C(C)(C)CCC3(C)C)c2cc3c(cc2C)C(C)(C)CCC3(C)C)c1. The molecular formula is C36H46ClN. The first-order valence-corrected chi connectivity index (χ1v) is 14.8. The highest BCUT2D eigenvalue weighted by molar-refractivity contribution is 6.31. The van der Waals surface area contributed by atoms with E-state index < -0.39 is 0 Å². The predicted octanol–water partition coefficient (Wildman–Crippen LogP) is 11.1. The lowest BCUT2D eigenvalue weighted by Crippen LogP contribution is -2.34. The van der Waals surface area contributed by atoms with Crippen LogP contribution >= 0.6 is 11.6 Å². The Morgan fingerprint density at radius 3 is 1.61 bits per heavy atom. The van der Waals surface area contributed by atoms with E-state index in [9.17, 15) is 0 Å². The number of hydrogen-bond donors (Lipinski definition) is 0. The fraction of sp³-hybridized carbons (Fsp3) is 0.500. The van der Waals surface area contributed by atoms with E-state index in [2.05, 4.69) is 117 Å². The highest BCUT2D eigenvalue weighted by atomic mass is 35.5. The van der Waals surface area contributed by atoms with Crippen LogP contribution in [0.25, 0.3) is 0 Å². The third kappa shape index (κ3) is 4.60. The summed E-state index contributed by atoms with van der Waals surface area (Å²) in [5, 5.41) is 0.779. The molecule has 3 aromatic carbocycles. The first-order valence-electron chi connectivity index (χ1n) is 14.4. The molecule has 0 aromatic heterocycles. The fourth-order valence-corrected chi connectivity index (χ4v) is 7.22. The van der Waals surface area contributed by atoms with Gasteiger partial charge in [0.1, 0.15) is 0 Å². The molecule has 0 aliphatic heterocycles. The van der Waals surface area contributed by atoms with Crippen molar-refractivity contribution in [1.82, 2.24) is 0 Å². The number of fused-ring (bicyclic) bond motifs is 2. The molecule has 38 heavy (non-hydrogen) atoms. The van der Waals surface area contributed by atoms with Crippen LogP contribution in [0.3, 0.4) is 0 Å². The highest BCUT2D eigenvalue weighted by Gasteiger charge is 2.39. The number of halogens is 1. The lowest BCUT2D eigenvalue weighted by molar-refractivity contribution is 0.331. The third-order valence-corrected chi connectivity index (χ3v) is 10.0. The number of hydrogen-bond acceptors (Lipinski definition) is 1. The molecule has 0 amide bonds. The Hall–Kier alpha value is -2.25. The molecule has 0 saturated heterocycles. The molecule has 1 nitrogen and oxygen atoms in total. The molecule has 0 spiro atoms. The summed E-state index contributed by atoms with van der Waals surface area (Å²) in [4.78, 5) is 2.46. The van der Waals surface area contributed by atoms with E-state index in [4.69, 9.17) is 11.6 Å². The summed E-state index contributed by atoms with van der Waals surface area (Å²) in [7, 11) is 0. The van der Waals surface area contributed by atoms with Crippen LogP contribution in [0.1, 0.15) is 114 Å². The Morgan fingerprint density at radius 2 is 1.05 bits per heavy atom. The van der Waals surface area contributed by atoms with Gasteiger partial charge in [0.25, 0.3) is 0 Å². The van der Waals surface area contributed by atoms with Gasteiger partial charge >= 0.3 is 0 Å². The van der Waals surface area contributed by atoms with Gasteiger partial charge in [-0.15, -0.1) is 0 Å². The fourth-order valence-electron chi connectivity index (χ4n) is 6.94. The summed E-state index contributed by atoms with van der Waals surface area (Å²) in [5.74, 6) is 0. The molecule has 2 aliphatic rings. The van der Waals surface area contributed by atoms with Gasteiger partial charge in [-0.3, -0.25) is 0 Å². The molecule has 202 valence electrons. The second-order valence-corrected chi connectivity index (χ2v) is 15.2. The quantitative estimate of drug-likeness (QED) is 0.327. The maximum Gasteiger partial charge on any atom is 0.0493 e. The van der Waals surface area contributed by atoms with Gasteiger partial charge in [-0.05, 0) is 131 Å². The highest BCUT2D eigenvalue weighted by Crippen LogP contribution is 2.51. The van der Waals surface area contributed by atoms with E-state index in [1.54, 1.807) is 0 Å². The molecule has 3 aromatic rings. The van der Waals surface area contributed by atoms with Crippen molar-refractivity contribution in [3.8, 4) is 0 Å². The number of benzene rings is 3. The molecule has 0 unspecified atom stereocenters. The second-order valence-electron chi connectivity index (χ2n) is 14.8. The molecule has 2 heteroatoms. The van der Waals surface area contributed by atoms with Crippen LogP contribution in [0.15, 0.2) is 48.5 Å².